The standard InChI is InChI=1S/C22H26N6O.H2/c1-17-11-18(24-22-23-16-28(25-22)19-5-3-2-4-6-19)13-20(12-17)26-7-9-27(10-8-26)21-14-29-15-21;/h2-6,11-13,16,21H,7-10,14-15H2,1H3,(H,24,25);1H/i2D,3D,4D,5D,6D;. The van der Waals surface area contributed by atoms with E-state index in [0.29, 0.717) is 6.04 Å². The Hall–Kier alpha value is -2.90. The Kier molecular flexibility index (Phi) is 3.61. The smallest absolute Gasteiger partial charge is 0.246 e. The molecule has 0 bridgehead atoms. The number of nitrogens with zero attached hydrogens (tertiary/aromatic N) is 5. The highest BCUT2D eigenvalue weighted by Crippen LogP contribution is 2.26. The molecule has 0 atom stereocenters. The Bertz CT molecular complexity index is 1200. The lowest BCUT2D eigenvalue weighted by molar-refractivity contribution is -0.0660. The first-order valence-corrected chi connectivity index (χ1v) is 9.76. The van der Waals surface area contributed by atoms with Crippen molar-refractivity contribution >= 4 is 17.3 Å². The molecule has 0 unspecified atom stereocenters. The summed E-state index contributed by atoms with van der Waals surface area (Å²) in [5.41, 5.74) is 3.01. The monoisotopic (exact) mass is 397 g/mol. The molecule has 5 rings (SSSR count). The van der Waals surface area contributed by atoms with Crippen molar-refractivity contribution in [3.05, 3.63) is 60.3 Å². The molecular weight excluding hydrogens is 364 g/mol. The molecule has 2 saturated heterocycles. The third kappa shape index (κ3) is 3.97. The van der Waals surface area contributed by atoms with E-state index in [1.54, 1.807) is 0 Å². The summed E-state index contributed by atoms with van der Waals surface area (Å²) in [4.78, 5) is 9.10. The summed E-state index contributed by atoms with van der Waals surface area (Å²) < 4.78 is 46.3. The predicted molar refractivity (Wildman–Crippen MR) is 116 cm³/mol. The number of hydrogen-bond acceptors (Lipinski definition) is 6. The first-order valence-electron chi connectivity index (χ1n) is 12.3. The summed E-state index contributed by atoms with van der Waals surface area (Å²) in [5.74, 6) is 0.276. The molecule has 29 heavy (non-hydrogen) atoms. The van der Waals surface area contributed by atoms with Gasteiger partial charge in [0.15, 0.2) is 0 Å². The van der Waals surface area contributed by atoms with Gasteiger partial charge in [-0.15, -0.1) is 5.10 Å². The van der Waals surface area contributed by atoms with E-state index in [9.17, 15) is 0 Å². The van der Waals surface area contributed by atoms with Gasteiger partial charge in [0.1, 0.15) is 6.33 Å². The molecule has 0 aliphatic carbocycles. The van der Waals surface area contributed by atoms with Crippen molar-refractivity contribution < 1.29 is 13.0 Å². The zero-order valence-corrected chi connectivity index (χ0v) is 16.3. The Morgan fingerprint density at radius 1 is 1.07 bits per heavy atom. The van der Waals surface area contributed by atoms with Gasteiger partial charge in [-0.1, -0.05) is 18.1 Å². The van der Waals surface area contributed by atoms with Crippen molar-refractivity contribution in [3.63, 3.8) is 0 Å². The fourth-order valence-electron chi connectivity index (χ4n) is 3.71. The fraction of sp³-hybridized carbons (Fsp3) is 0.364. The highest BCUT2D eigenvalue weighted by molar-refractivity contribution is 5.64. The lowest BCUT2D eigenvalue weighted by Crippen LogP contribution is -2.56. The first kappa shape index (κ1) is 13.3. The lowest BCUT2D eigenvalue weighted by atomic mass is 10.1. The molecule has 2 aromatic carbocycles. The number of anilines is 3. The Labute approximate surface area is 179 Å². The van der Waals surface area contributed by atoms with Gasteiger partial charge < -0.3 is 15.0 Å². The van der Waals surface area contributed by atoms with Crippen molar-refractivity contribution in [2.45, 2.75) is 13.0 Å². The highest BCUT2D eigenvalue weighted by Gasteiger charge is 2.29. The van der Waals surface area contributed by atoms with Crippen LogP contribution < -0.4 is 10.2 Å². The lowest BCUT2D eigenvalue weighted by Gasteiger charge is -2.43. The van der Waals surface area contributed by atoms with Crippen LogP contribution in [0.5, 0.6) is 0 Å². The number of aromatic nitrogens is 3. The summed E-state index contributed by atoms with van der Waals surface area (Å²) in [5, 5.41) is 7.51. The van der Waals surface area contributed by atoms with Gasteiger partial charge in [-0.25, -0.2) is 4.68 Å². The number of piperazine rings is 1. The average Bonchev–Trinajstić information content (AvgIpc) is 3.23. The Morgan fingerprint density at radius 2 is 1.86 bits per heavy atom. The van der Waals surface area contributed by atoms with Crippen molar-refractivity contribution in [3.8, 4) is 5.69 Å². The number of aryl methyl sites for hydroxylation is 1. The van der Waals surface area contributed by atoms with Gasteiger partial charge in [0.2, 0.25) is 5.95 Å². The van der Waals surface area contributed by atoms with Crippen LogP contribution in [0, 0.1) is 6.92 Å². The average molecular weight is 398 g/mol. The van der Waals surface area contributed by atoms with E-state index >= 15 is 0 Å². The molecule has 0 radical (unpaired) electrons. The van der Waals surface area contributed by atoms with Gasteiger partial charge in [-0.2, -0.15) is 4.98 Å². The van der Waals surface area contributed by atoms with Crippen LogP contribution in [-0.2, 0) is 4.74 Å². The van der Waals surface area contributed by atoms with Gasteiger partial charge in [0.05, 0.1) is 31.8 Å². The molecule has 7 nitrogen and oxygen atoms in total. The predicted octanol–water partition coefficient (Wildman–Crippen LogP) is 3.09. The van der Waals surface area contributed by atoms with Crippen LogP contribution in [0.15, 0.2) is 54.7 Å². The van der Waals surface area contributed by atoms with Gasteiger partial charge >= 0.3 is 0 Å². The summed E-state index contributed by atoms with van der Waals surface area (Å²) in [7, 11) is 0. The van der Waals surface area contributed by atoms with E-state index in [1.807, 2.05) is 13.0 Å². The van der Waals surface area contributed by atoms with Crippen molar-refractivity contribution in [2.75, 3.05) is 49.6 Å². The van der Waals surface area contributed by atoms with Crippen LogP contribution in [0.25, 0.3) is 5.69 Å². The third-order valence-corrected chi connectivity index (χ3v) is 5.34. The van der Waals surface area contributed by atoms with Gasteiger partial charge in [-0.3, -0.25) is 4.90 Å². The summed E-state index contributed by atoms with van der Waals surface area (Å²) >= 11 is 0. The van der Waals surface area contributed by atoms with Crippen molar-refractivity contribution in [2.24, 2.45) is 0 Å². The minimum absolute atomic E-state index is 0. The summed E-state index contributed by atoms with van der Waals surface area (Å²) in [6, 6.07) is 4.86. The van der Waals surface area contributed by atoms with Gasteiger partial charge in [0.25, 0.3) is 0 Å². The van der Waals surface area contributed by atoms with Crippen molar-refractivity contribution in [1.29, 1.82) is 0 Å². The Balaban J connectivity index is 0.00000289. The van der Waals surface area contributed by atoms with Gasteiger partial charge in [-0.05, 0) is 42.8 Å². The van der Waals surface area contributed by atoms with Crippen LogP contribution in [-0.4, -0.2) is 65.1 Å². The molecular formula is C22H28N6O. The molecule has 3 heterocycles. The largest absolute Gasteiger partial charge is 0.378 e. The zero-order chi connectivity index (χ0) is 24.0. The molecule has 152 valence electrons. The molecule has 0 saturated carbocycles. The number of ether oxygens (including phenoxy) is 1. The number of nitrogens with one attached hydrogen (secondary N) is 1. The maximum Gasteiger partial charge on any atom is 0.246 e. The maximum absolute atomic E-state index is 8.13. The molecule has 1 aromatic heterocycles. The van der Waals surface area contributed by atoms with Crippen LogP contribution in [0.4, 0.5) is 17.3 Å². The SMILES string of the molecule is [2H]c1c([2H])c([2H])c(-n2cnc(Nc3cc(C)cc(N4CCN(C5COC5)CC4)c3)n2)c([2H])c1[2H].[HH]. The second-order valence-electron chi connectivity index (χ2n) is 7.38. The Morgan fingerprint density at radius 3 is 2.59 bits per heavy atom. The van der Waals surface area contributed by atoms with E-state index in [-0.39, 0.29) is 25.1 Å². The maximum atomic E-state index is 8.13. The zero-order valence-electron chi connectivity index (χ0n) is 21.3. The quantitative estimate of drug-likeness (QED) is 0.714. The minimum Gasteiger partial charge on any atom is -0.378 e. The van der Waals surface area contributed by atoms with Crippen LogP contribution in [0.1, 0.15) is 13.8 Å². The van der Waals surface area contributed by atoms with Crippen LogP contribution in [0.2, 0.25) is 0 Å². The van der Waals surface area contributed by atoms with Gasteiger partial charge in [0, 0.05) is 39.0 Å². The molecule has 3 aromatic rings. The summed E-state index contributed by atoms with van der Waals surface area (Å²) in [6.45, 7) is 7.62. The minimum atomic E-state index is -0.439. The summed E-state index contributed by atoms with van der Waals surface area (Å²) in [6.07, 6.45) is 1.34. The molecule has 0 spiro atoms. The van der Waals surface area contributed by atoms with E-state index in [0.717, 1.165) is 56.3 Å². The van der Waals surface area contributed by atoms with E-state index in [1.165, 1.54) is 11.0 Å². The molecule has 0 amide bonds. The molecule has 2 aliphatic rings. The normalized spacial score (nSPS) is 20.3. The second kappa shape index (κ2) is 7.85. The second-order valence-corrected chi connectivity index (χ2v) is 7.38. The van der Waals surface area contributed by atoms with Crippen LogP contribution >= 0.6 is 0 Å². The topological polar surface area (TPSA) is 58.5 Å². The van der Waals surface area contributed by atoms with E-state index < -0.39 is 18.1 Å². The molecule has 2 aliphatic heterocycles. The number of para-hydroxylation sites is 1. The van der Waals surface area contributed by atoms with Crippen LogP contribution in [0.3, 0.4) is 0 Å². The fourth-order valence-corrected chi connectivity index (χ4v) is 3.71. The highest BCUT2D eigenvalue weighted by atomic mass is 16.5. The number of rotatable bonds is 5. The number of benzene rings is 2. The first-order chi connectivity index (χ1) is 16.3. The number of hydrogen-bond donors (Lipinski definition) is 1. The van der Waals surface area contributed by atoms with E-state index in [2.05, 4.69) is 37.3 Å². The molecule has 2 fully saturated rings. The van der Waals surface area contributed by atoms with E-state index in [4.69, 9.17) is 11.6 Å². The third-order valence-electron chi connectivity index (χ3n) is 5.34. The van der Waals surface area contributed by atoms with Crippen molar-refractivity contribution in [1.82, 2.24) is 19.7 Å². The molecule has 7 heteroatoms. The molecule has 1 N–H and O–H groups in total.